The normalized spacial score (nSPS) is 18.3. The average Bonchev–Trinajstić information content (AvgIpc) is 3.67. The Labute approximate surface area is 208 Å². The lowest BCUT2D eigenvalue weighted by Gasteiger charge is -2.28. The summed E-state index contributed by atoms with van der Waals surface area (Å²) in [6.45, 7) is 5.82. The van der Waals surface area contributed by atoms with E-state index in [2.05, 4.69) is 10.00 Å². The van der Waals surface area contributed by atoms with Crippen molar-refractivity contribution in [2.24, 2.45) is 0 Å². The zero-order chi connectivity index (χ0) is 24.6. The van der Waals surface area contributed by atoms with E-state index in [0.29, 0.717) is 81.1 Å². The number of aryl methyl sites for hydroxylation is 1. The number of fused-ring (bicyclic) bond motifs is 1. The molecule has 2 aliphatic heterocycles. The SMILES string of the molecule is CCn1c(C(=O)N2CCC(O)C2)nc2c(N3CCOCC3)nc(-n3cc(-c4ccccc4)cn3)nc21. The number of aliphatic hydroxyl groups excluding tert-OH is 1. The van der Waals surface area contributed by atoms with Crippen LogP contribution in [0.25, 0.3) is 28.2 Å². The Kier molecular flexibility index (Phi) is 5.86. The molecule has 1 atom stereocenters. The first-order valence-corrected chi connectivity index (χ1v) is 12.3. The van der Waals surface area contributed by atoms with E-state index in [1.54, 1.807) is 15.8 Å². The monoisotopic (exact) mass is 488 g/mol. The number of morpholine rings is 1. The van der Waals surface area contributed by atoms with Crippen LogP contribution < -0.4 is 4.90 Å². The summed E-state index contributed by atoms with van der Waals surface area (Å²) >= 11 is 0. The fourth-order valence-electron chi connectivity index (χ4n) is 4.82. The van der Waals surface area contributed by atoms with Gasteiger partial charge in [0.1, 0.15) is 0 Å². The number of hydrogen-bond donors (Lipinski definition) is 1. The lowest BCUT2D eigenvalue weighted by molar-refractivity contribution is 0.0749. The number of ether oxygens (including phenoxy) is 1. The van der Waals surface area contributed by atoms with E-state index in [4.69, 9.17) is 19.7 Å². The molecule has 6 rings (SSSR count). The number of aromatic nitrogens is 6. The van der Waals surface area contributed by atoms with E-state index in [1.807, 2.05) is 48.0 Å². The summed E-state index contributed by atoms with van der Waals surface area (Å²) in [5.74, 6) is 1.19. The third kappa shape index (κ3) is 3.99. The van der Waals surface area contributed by atoms with Gasteiger partial charge in [-0.3, -0.25) is 4.79 Å². The molecule has 186 valence electrons. The maximum absolute atomic E-state index is 13.4. The number of β-amino-alcohol motifs (C(OH)–C–C–N with tert-alkyl or cyclic N) is 1. The summed E-state index contributed by atoms with van der Waals surface area (Å²) in [5.41, 5.74) is 3.18. The molecular formula is C25H28N8O3. The maximum atomic E-state index is 13.4. The van der Waals surface area contributed by atoms with E-state index < -0.39 is 6.10 Å². The fraction of sp³-hybridized carbons (Fsp3) is 0.400. The van der Waals surface area contributed by atoms with Gasteiger partial charge in [0.25, 0.3) is 11.9 Å². The van der Waals surface area contributed by atoms with Crippen LogP contribution in [0, 0.1) is 0 Å². The molecule has 0 bridgehead atoms. The van der Waals surface area contributed by atoms with Crippen molar-refractivity contribution in [2.75, 3.05) is 44.3 Å². The number of imidazole rings is 1. The molecule has 36 heavy (non-hydrogen) atoms. The highest BCUT2D eigenvalue weighted by molar-refractivity contribution is 5.96. The van der Waals surface area contributed by atoms with Gasteiger partial charge in [-0.05, 0) is 18.9 Å². The van der Waals surface area contributed by atoms with Gasteiger partial charge in [-0.1, -0.05) is 30.3 Å². The molecule has 0 spiro atoms. The fourth-order valence-corrected chi connectivity index (χ4v) is 4.82. The zero-order valence-corrected chi connectivity index (χ0v) is 20.1. The van der Waals surface area contributed by atoms with Gasteiger partial charge in [-0.15, -0.1) is 0 Å². The zero-order valence-electron chi connectivity index (χ0n) is 20.1. The van der Waals surface area contributed by atoms with E-state index in [1.165, 1.54) is 0 Å². The van der Waals surface area contributed by atoms with Crippen molar-refractivity contribution in [1.82, 2.24) is 34.2 Å². The molecule has 1 unspecified atom stereocenters. The highest BCUT2D eigenvalue weighted by Crippen LogP contribution is 2.28. The lowest BCUT2D eigenvalue weighted by Crippen LogP contribution is -2.37. The summed E-state index contributed by atoms with van der Waals surface area (Å²) in [6.07, 6.45) is 3.78. The molecule has 0 saturated carbocycles. The Hall–Kier alpha value is -3.83. The first-order chi connectivity index (χ1) is 17.6. The highest BCUT2D eigenvalue weighted by Gasteiger charge is 2.31. The van der Waals surface area contributed by atoms with Crippen molar-refractivity contribution in [3.05, 3.63) is 48.5 Å². The van der Waals surface area contributed by atoms with Crippen LogP contribution in [0.1, 0.15) is 24.0 Å². The minimum Gasteiger partial charge on any atom is -0.391 e. The lowest BCUT2D eigenvalue weighted by atomic mass is 10.1. The molecule has 2 saturated heterocycles. The Morgan fingerprint density at radius 3 is 2.61 bits per heavy atom. The smallest absolute Gasteiger partial charge is 0.290 e. The van der Waals surface area contributed by atoms with Gasteiger partial charge in [0.05, 0.1) is 25.5 Å². The number of hydrogen-bond acceptors (Lipinski definition) is 8. The van der Waals surface area contributed by atoms with E-state index in [-0.39, 0.29) is 5.91 Å². The second kappa shape index (κ2) is 9.32. The number of carbonyl (C=O) groups is 1. The molecule has 2 aliphatic rings. The van der Waals surface area contributed by atoms with Crippen LogP contribution in [-0.2, 0) is 11.3 Å². The van der Waals surface area contributed by atoms with Crippen molar-refractivity contribution >= 4 is 22.9 Å². The second-order valence-corrected chi connectivity index (χ2v) is 9.03. The van der Waals surface area contributed by atoms with Crippen molar-refractivity contribution in [3.8, 4) is 17.1 Å². The molecule has 5 heterocycles. The maximum Gasteiger partial charge on any atom is 0.290 e. The van der Waals surface area contributed by atoms with Crippen molar-refractivity contribution in [1.29, 1.82) is 0 Å². The van der Waals surface area contributed by atoms with Gasteiger partial charge in [0.2, 0.25) is 5.82 Å². The number of anilines is 1. The van der Waals surface area contributed by atoms with Crippen LogP contribution in [-0.4, -0.2) is 90.7 Å². The highest BCUT2D eigenvalue weighted by atomic mass is 16.5. The summed E-state index contributed by atoms with van der Waals surface area (Å²) < 4.78 is 9.05. The number of carbonyl (C=O) groups excluding carboxylic acids is 1. The average molecular weight is 489 g/mol. The minimum absolute atomic E-state index is 0.202. The molecule has 1 N–H and O–H groups in total. The molecular weight excluding hydrogens is 460 g/mol. The summed E-state index contributed by atoms with van der Waals surface area (Å²) in [6, 6.07) is 10.0. The number of aliphatic hydroxyl groups is 1. The molecule has 1 amide bonds. The summed E-state index contributed by atoms with van der Waals surface area (Å²) in [4.78, 5) is 31.6. The number of nitrogens with zero attached hydrogens (tertiary/aromatic N) is 8. The van der Waals surface area contributed by atoms with Gasteiger partial charge < -0.3 is 24.2 Å². The van der Waals surface area contributed by atoms with Crippen molar-refractivity contribution < 1.29 is 14.6 Å². The molecule has 11 nitrogen and oxygen atoms in total. The number of amides is 1. The standard InChI is InChI=1S/C25H28N8O3/c1-2-32-22-20(27-23(32)24(35)31-9-8-19(34)16-31)21(30-10-12-36-13-11-30)28-25(29-22)33-15-18(14-26-33)17-6-4-3-5-7-17/h3-7,14-15,19,34H,2,8-13,16H2,1H3. The molecule has 3 aromatic heterocycles. The van der Waals surface area contributed by atoms with Crippen LogP contribution in [0.4, 0.5) is 5.82 Å². The Morgan fingerprint density at radius 1 is 1.08 bits per heavy atom. The quantitative estimate of drug-likeness (QED) is 0.452. The first-order valence-electron chi connectivity index (χ1n) is 12.3. The van der Waals surface area contributed by atoms with Crippen molar-refractivity contribution in [3.63, 3.8) is 0 Å². The largest absolute Gasteiger partial charge is 0.391 e. The Morgan fingerprint density at radius 2 is 1.89 bits per heavy atom. The second-order valence-electron chi connectivity index (χ2n) is 9.03. The van der Waals surface area contributed by atoms with E-state index in [0.717, 1.165) is 11.1 Å². The Bertz CT molecular complexity index is 1390. The Balaban J connectivity index is 1.48. The predicted octanol–water partition coefficient (Wildman–Crippen LogP) is 1.74. The molecule has 1 aromatic carbocycles. The number of likely N-dealkylation sites (tertiary alicyclic amines) is 1. The van der Waals surface area contributed by atoms with Gasteiger partial charge in [-0.25, -0.2) is 9.67 Å². The molecule has 11 heteroatoms. The van der Waals surface area contributed by atoms with Gasteiger partial charge in [0, 0.05) is 44.5 Å². The van der Waals surface area contributed by atoms with Crippen molar-refractivity contribution in [2.45, 2.75) is 26.0 Å². The third-order valence-electron chi connectivity index (χ3n) is 6.73. The van der Waals surface area contributed by atoms with Crippen LogP contribution in [0.5, 0.6) is 0 Å². The predicted molar refractivity (Wildman–Crippen MR) is 133 cm³/mol. The molecule has 0 radical (unpaired) electrons. The van der Waals surface area contributed by atoms with Gasteiger partial charge in [0.15, 0.2) is 17.0 Å². The summed E-state index contributed by atoms with van der Waals surface area (Å²) in [5, 5.41) is 14.5. The molecule has 0 aliphatic carbocycles. The number of benzene rings is 1. The van der Waals surface area contributed by atoms with Crippen LogP contribution in [0.2, 0.25) is 0 Å². The van der Waals surface area contributed by atoms with Crippen LogP contribution >= 0.6 is 0 Å². The van der Waals surface area contributed by atoms with E-state index in [9.17, 15) is 9.90 Å². The summed E-state index contributed by atoms with van der Waals surface area (Å²) in [7, 11) is 0. The van der Waals surface area contributed by atoms with Crippen LogP contribution in [0.3, 0.4) is 0 Å². The van der Waals surface area contributed by atoms with Gasteiger partial charge >= 0.3 is 0 Å². The topological polar surface area (TPSA) is 114 Å². The molecule has 4 aromatic rings. The van der Waals surface area contributed by atoms with Gasteiger partial charge in [-0.2, -0.15) is 15.1 Å². The van der Waals surface area contributed by atoms with Crippen LogP contribution in [0.15, 0.2) is 42.7 Å². The molecule has 2 fully saturated rings. The third-order valence-corrected chi connectivity index (χ3v) is 6.73. The van der Waals surface area contributed by atoms with E-state index >= 15 is 0 Å². The first kappa shape index (κ1) is 22.6. The number of rotatable bonds is 5. The minimum atomic E-state index is -0.498.